The Hall–Kier alpha value is -2.31. The van der Waals surface area contributed by atoms with Gasteiger partial charge < -0.3 is 9.84 Å². The molecule has 2 aromatic heterocycles. The van der Waals surface area contributed by atoms with Crippen molar-refractivity contribution in [1.29, 1.82) is 0 Å². The minimum atomic E-state index is 0.371. The molecule has 122 valence electrons. The first-order valence-electron chi connectivity index (χ1n) is 8.22. The van der Waals surface area contributed by atoms with Gasteiger partial charge in [0, 0.05) is 28.5 Å². The molecule has 0 amide bonds. The molecule has 5 rings (SSSR count). The number of nitrogens with zero attached hydrogens (tertiary/aromatic N) is 2. The van der Waals surface area contributed by atoms with E-state index in [4.69, 9.17) is 9.40 Å². The second-order valence-electron chi connectivity index (χ2n) is 6.48. The molecule has 3 heterocycles. The second-order valence-corrected chi connectivity index (χ2v) is 7.48. The molecule has 0 radical (unpaired) electrons. The van der Waals surface area contributed by atoms with Gasteiger partial charge in [-0.1, -0.05) is 0 Å². The van der Waals surface area contributed by atoms with Crippen molar-refractivity contribution >= 4 is 22.7 Å². The van der Waals surface area contributed by atoms with E-state index in [1.54, 1.807) is 0 Å². The monoisotopic (exact) mass is 338 g/mol. The van der Waals surface area contributed by atoms with E-state index >= 15 is 0 Å². The fourth-order valence-electron chi connectivity index (χ4n) is 3.39. The van der Waals surface area contributed by atoms with E-state index in [0.717, 1.165) is 41.2 Å². The van der Waals surface area contributed by atoms with Gasteiger partial charge in [-0.3, -0.25) is 5.01 Å². The molecule has 0 saturated heterocycles. The molecular weight excluding hydrogens is 320 g/mol. The molecule has 0 unspecified atom stereocenters. The lowest BCUT2D eigenvalue weighted by molar-refractivity contribution is 0.516. The van der Waals surface area contributed by atoms with Crippen LogP contribution in [0.15, 0.2) is 34.1 Å². The zero-order valence-electron chi connectivity index (χ0n) is 13.6. The Kier molecular flexibility index (Phi) is 2.98. The highest BCUT2D eigenvalue weighted by atomic mass is 32.1. The standard InChI is InChI=1S/C18H18N4OS/c1-10(2)22-14-4-3-11(9-13(14)20-21-22)18-19-17-12-7-8-24-16(12)6-5-15(17)23-18/h3-4,7-10,20-21H,5-6H2,1-2H3. The summed E-state index contributed by atoms with van der Waals surface area (Å²) in [6, 6.07) is 8.80. The normalized spacial score (nSPS) is 15.2. The number of hydrogen-bond acceptors (Lipinski definition) is 6. The van der Waals surface area contributed by atoms with Crippen LogP contribution >= 0.6 is 11.3 Å². The number of oxazole rings is 1. The van der Waals surface area contributed by atoms with Crippen molar-refractivity contribution in [3.63, 3.8) is 0 Å². The number of fused-ring (bicyclic) bond motifs is 4. The van der Waals surface area contributed by atoms with Crippen LogP contribution in [0.4, 0.5) is 11.4 Å². The largest absolute Gasteiger partial charge is 0.440 e. The van der Waals surface area contributed by atoms with Gasteiger partial charge in [0.05, 0.1) is 11.4 Å². The van der Waals surface area contributed by atoms with Crippen LogP contribution in [0.25, 0.3) is 22.7 Å². The summed E-state index contributed by atoms with van der Waals surface area (Å²) in [5, 5.41) is 4.25. The van der Waals surface area contributed by atoms with Crippen molar-refractivity contribution in [2.24, 2.45) is 0 Å². The number of hydrazine groups is 2. The highest BCUT2D eigenvalue weighted by Gasteiger charge is 2.25. The first-order chi connectivity index (χ1) is 11.7. The third kappa shape index (κ3) is 2.00. The average molecular weight is 338 g/mol. The van der Waals surface area contributed by atoms with Crippen LogP contribution in [-0.4, -0.2) is 11.0 Å². The van der Waals surface area contributed by atoms with E-state index < -0.39 is 0 Å². The molecular formula is C18H18N4OS. The van der Waals surface area contributed by atoms with E-state index in [1.165, 1.54) is 10.4 Å². The quantitative estimate of drug-likeness (QED) is 0.732. The van der Waals surface area contributed by atoms with E-state index in [0.29, 0.717) is 11.9 Å². The van der Waals surface area contributed by atoms with E-state index in [-0.39, 0.29) is 0 Å². The zero-order chi connectivity index (χ0) is 16.3. The third-order valence-electron chi connectivity index (χ3n) is 4.61. The summed E-state index contributed by atoms with van der Waals surface area (Å²) >= 11 is 1.81. The molecule has 1 aliphatic heterocycles. The number of rotatable bonds is 2. The van der Waals surface area contributed by atoms with Crippen LogP contribution < -0.4 is 16.0 Å². The molecule has 0 fully saturated rings. The van der Waals surface area contributed by atoms with Gasteiger partial charge in [0.25, 0.3) is 0 Å². The molecule has 5 nitrogen and oxygen atoms in total. The predicted octanol–water partition coefficient (Wildman–Crippen LogP) is 4.23. The molecule has 1 aliphatic carbocycles. The predicted molar refractivity (Wildman–Crippen MR) is 97.0 cm³/mol. The summed E-state index contributed by atoms with van der Waals surface area (Å²) in [7, 11) is 0. The molecule has 0 bridgehead atoms. The van der Waals surface area contributed by atoms with Gasteiger partial charge in [-0.25, -0.2) is 4.98 Å². The Labute approximate surface area is 144 Å². The summed E-state index contributed by atoms with van der Waals surface area (Å²) in [6.45, 7) is 4.30. The minimum absolute atomic E-state index is 0.371. The molecule has 0 saturated carbocycles. The van der Waals surface area contributed by atoms with Gasteiger partial charge in [0.1, 0.15) is 11.5 Å². The maximum absolute atomic E-state index is 6.08. The van der Waals surface area contributed by atoms with Crippen molar-refractivity contribution < 1.29 is 4.42 Å². The molecule has 24 heavy (non-hydrogen) atoms. The molecule has 2 aliphatic rings. The van der Waals surface area contributed by atoms with Crippen LogP contribution in [0.3, 0.4) is 0 Å². The maximum atomic E-state index is 6.08. The SMILES string of the molecule is CC(C)N1NNc2cc(-c3nc4c(o3)CCc3sccc3-4)ccc21. The van der Waals surface area contributed by atoms with Crippen LogP contribution in [0.2, 0.25) is 0 Å². The number of hydrogen-bond donors (Lipinski definition) is 2. The first kappa shape index (κ1) is 14.1. The Morgan fingerprint density at radius 3 is 3.04 bits per heavy atom. The molecule has 6 heteroatoms. The minimum Gasteiger partial charge on any atom is -0.440 e. The maximum Gasteiger partial charge on any atom is 0.226 e. The zero-order valence-corrected chi connectivity index (χ0v) is 14.4. The molecule has 0 spiro atoms. The molecule has 3 aromatic rings. The number of aryl methyl sites for hydroxylation is 2. The number of nitrogens with one attached hydrogen (secondary N) is 2. The lowest BCUT2D eigenvalue weighted by Crippen LogP contribution is -2.41. The number of aromatic nitrogens is 1. The fourth-order valence-corrected chi connectivity index (χ4v) is 4.27. The van der Waals surface area contributed by atoms with Gasteiger partial charge in [0.15, 0.2) is 0 Å². The summed E-state index contributed by atoms with van der Waals surface area (Å²) in [4.78, 5) is 6.20. The highest BCUT2D eigenvalue weighted by Crippen LogP contribution is 2.40. The average Bonchev–Trinajstić information content (AvgIpc) is 3.29. The summed E-state index contributed by atoms with van der Waals surface area (Å²) in [5.74, 6) is 1.71. The van der Waals surface area contributed by atoms with E-state index in [9.17, 15) is 0 Å². The Bertz CT molecular complexity index is 927. The summed E-state index contributed by atoms with van der Waals surface area (Å²) in [6.07, 6.45) is 1.98. The molecule has 1 aromatic carbocycles. The lowest BCUT2D eigenvalue weighted by atomic mass is 10.0. The van der Waals surface area contributed by atoms with Crippen molar-refractivity contribution in [1.82, 2.24) is 10.5 Å². The van der Waals surface area contributed by atoms with Gasteiger partial charge in [-0.2, -0.15) is 0 Å². The van der Waals surface area contributed by atoms with Crippen molar-refractivity contribution in [3.05, 3.63) is 40.3 Å². The molecule has 2 N–H and O–H groups in total. The number of anilines is 2. The Morgan fingerprint density at radius 1 is 1.25 bits per heavy atom. The topological polar surface area (TPSA) is 53.3 Å². The third-order valence-corrected chi connectivity index (χ3v) is 5.59. The van der Waals surface area contributed by atoms with Gasteiger partial charge in [0.2, 0.25) is 5.89 Å². The first-order valence-corrected chi connectivity index (χ1v) is 9.10. The lowest BCUT2D eigenvalue weighted by Gasteiger charge is -2.21. The van der Waals surface area contributed by atoms with Crippen molar-refractivity contribution in [2.75, 3.05) is 10.4 Å². The summed E-state index contributed by atoms with van der Waals surface area (Å²) in [5.41, 5.74) is 11.9. The van der Waals surface area contributed by atoms with E-state index in [2.05, 4.69) is 59.5 Å². The van der Waals surface area contributed by atoms with E-state index in [1.807, 2.05) is 11.3 Å². The Balaban J connectivity index is 1.55. The highest BCUT2D eigenvalue weighted by molar-refractivity contribution is 7.10. The second kappa shape index (κ2) is 5.09. The van der Waals surface area contributed by atoms with Crippen LogP contribution in [0.5, 0.6) is 0 Å². The Morgan fingerprint density at radius 2 is 2.17 bits per heavy atom. The smallest absolute Gasteiger partial charge is 0.226 e. The number of thiophene rings is 1. The van der Waals surface area contributed by atoms with Crippen molar-refractivity contribution in [2.45, 2.75) is 32.7 Å². The van der Waals surface area contributed by atoms with Gasteiger partial charge >= 0.3 is 0 Å². The van der Waals surface area contributed by atoms with Crippen LogP contribution in [-0.2, 0) is 12.8 Å². The van der Waals surface area contributed by atoms with Crippen LogP contribution in [0.1, 0.15) is 24.5 Å². The number of benzene rings is 1. The molecule has 0 atom stereocenters. The van der Waals surface area contributed by atoms with Crippen LogP contribution in [0, 0.1) is 0 Å². The van der Waals surface area contributed by atoms with Gasteiger partial charge in [-0.15, -0.1) is 16.9 Å². The summed E-state index contributed by atoms with van der Waals surface area (Å²) < 4.78 is 6.08. The van der Waals surface area contributed by atoms with Gasteiger partial charge in [-0.05, 0) is 49.9 Å². The fraction of sp³-hybridized carbons (Fsp3) is 0.278. The van der Waals surface area contributed by atoms with Crippen molar-refractivity contribution in [3.8, 4) is 22.7 Å².